The number of pyridine rings is 1. The number of rotatable bonds is 4. The van der Waals surface area contributed by atoms with Crippen molar-refractivity contribution < 1.29 is 9.90 Å². The fourth-order valence-electron chi connectivity index (χ4n) is 1.83. The molecule has 0 aromatic carbocycles. The lowest BCUT2D eigenvalue weighted by Crippen LogP contribution is -2.30. The zero-order valence-electron chi connectivity index (χ0n) is 11.3. The molecule has 2 aromatic heterocycles. The van der Waals surface area contributed by atoms with Crippen LogP contribution in [0, 0.1) is 5.92 Å². The van der Waals surface area contributed by atoms with Gasteiger partial charge in [-0.25, -0.2) is 9.48 Å². The monoisotopic (exact) mass is 273 g/mol. The second-order valence-corrected chi connectivity index (χ2v) is 4.87. The molecule has 6 nitrogen and oxygen atoms in total. The zero-order chi connectivity index (χ0) is 14.7. The van der Waals surface area contributed by atoms with E-state index in [2.05, 4.69) is 10.1 Å². The maximum Gasteiger partial charge on any atom is 0.341 e. The smallest absolute Gasteiger partial charge is 0.341 e. The standard InChI is InChI=1S/C14H15N3O3/c1-9(2)8-17-13(18)11(14(19)20)7-12(16-17)10-3-5-15-6-4-10/h3-7,9H,8H2,1-2H3,(H,19,20). The van der Waals surface area contributed by atoms with Crippen molar-refractivity contribution in [2.24, 2.45) is 5.92 Å². The van der Waals surface area contributed by atoms with Crippen LogP contribution in [0.4, 0.5) is 0 Å². The summed E-state index contributed by atoms with van der Waals surface area (Å²) in [5.74, 6) is -1.06. The Kier molecular flexibility index (Phi) is 3.93. The summed E-state index contributed by atoms with van der Waals surface area (Å²) in [4.78, 5) is 27.1. The minimum absolute atomic E-state index is 0.189. The maximum atomic E-state index is 12.0. The lowest BCUT2D eigenvalue weighted by Gasteiger charge is -2.10. The predicted molar refractivity (Wildman–Crippen MR) is 73.5 cm³/mol. The van der Waals surface area contributed by atoms with Crippen molar-refractivity contribution in [3.8, 4) is 11.3 Å². The maximum absolute atomic E-state index is 12.0. The largest absolute Gasteiger partial charge is 0.477 e. The third kappa shape index (κ3) is 2.90. The molecule has 0 fully saturated rings. The number of hydrogen-bond donors (Lipinski definition) is 1. The number of nitrogens with zero attached hydrogens (tertiary/aromatic N) is 3. The minimum atomic E-state index is -1.25. The van der Waals surface area contributed by atoms with E-state index < -0.39 is 11.5 Å². The Hall–Kier alpha value is -2.50. The van der Waals surface area contributed by atoms with Gasteiger partial charge in [0.2, 0.25) is 0 Å². The van der Waals surface area contributed by atoms with Gasteiger partial charge in [0.1, 0.15) is 5.56 Å². The zero-order valence-corrected chi connectivity index (χ0v) is 11.3. The number of carboxylic acids is 1. The van der Waals surface area contributed by atoms with Crippen LogP contribution in [-0.2, 0) is 6.54 Å². The average Bonchev–Trinajstić information content (AvgIpc) is 2.41. The van der Waals surface area contributed by atoms with Crippen molar-refractivity contribution in [1.82, 2.24) is 14.8 Å². The highest BCUT2D eigenvalue weighted by Crippen LogP contribution is 2.15. The normalized spacial score (nSPS) is 10.8. The lowest BCUT2D eigenvalue weighted by atomic mass is 10.1. The van der Waals surface area contributed by atoms with Crippen LogP contribution in [0.5, 0.6) is 0 Å². The first kappa shape index (κ1) is 13.9. The van der Waals surface area contributed by atoms with Crippen LogP contribution >= 0.6 is 0 Å². The Morgan fingerprint density at radius 1 is 1.35 bits per heavy atom. The number of carboxylic acid groups (broad SMARTS) is 1. The molecule has 1 N–H and O–H groups in total. The van der Waals surface area contributed by atoms with Crippen molar-refractivity contribution in [2.75, 3.05) is 0 Å². The molecule has 0 amide bonds. The van der Waals surface area contributed by atoms with Gasteiger partial charge in [0.15, 0.2) is 0 Å². The van der Waals surface area contributed by atoms with Crippen LogP contribution in [0.3, 0.4) is 0 Å². The van der Waals surface area contributed by atoms with E-state index in [9.17, 15) is 9.59 Å². The van der Waals surface area contributed by atoms with Crippen LogP contribution in [0.2, 0.25) is 0 Å². The number of aromatic carboxylic acids is 1. The topological polar surface area (TPSA) is 85.1 Å². The Morgan fingerprint density at radius 3 is 2.55 bits per heavy atom. The molecule has 0 aliphatic heterocycles. The molecule has 0 unspecified atom stereocenters. The predicted octanol–water partition coefficient (Wildman–Crippen LogP) is 1.66. The van der Waals surface area contributed by atoms with Crippen LogP contribution < -0.4 is 5.56 Å². The average molecular weight is 273 g/mol. The van der Waals surface area contributed by atoms with Gasteiger partial charge in [0.05, 0.1) is 5.69 Å². The minimum Gasteiger partial charge on any atom is -0.477 e. The van der Waals surface area contributed by atoms with Gasteiger partial charge in [0, 0.05) is 24.5 Å². The summed E-state index contributed by atoms with van der Waals surface area (Å²) in [5, 5.41) is 13.4. The molecular formula is C14H15N3O3. The second-order valence-electron chi connectivity index (χ2n) is 4.87. The fraction of sp³-hybridized carbons (Fsp3) is 0.286. The molecule has 2 heterocycles. The fourth-order valence-corrected chi connectivity index (χ4v) is 1.83. The van der Waals surface area contributed by atoms with E-state index in [1.807, 2.05) is 13.8 Å². The molecular weight excluding hydrogens is 258 g/mol. The molecule has 20 heavy (non-hydrogen) atoms. The number of carbonyl (C=O) groups is 1. The third-order valence-electron chi connectivity index (χ3n) is 2.72. The highest BCUT2D eigenvalue weighted by molar-refractivity contribution is 5.88. The van der Waals surface area contributed by atoms with E-state index >= 15 is 0 Å². The highest BCUT2D eigenvalue weighted by Gasteiger charge is 2.15. The molecule has 0 bridgehead atoms. The highest BCUT2D eigenvalue weighted by atomic mass is 16.4. The summed E-state index contributed by atoms with van der Waals surface area (Å²) in [6, 6.07) is 4.74. The summed E-state index contributed by atoms with van der Waals surface area (Å²) >= 11 is 0. The third-order valence-corrected chi connectivity index (χ3v) is 2.72. The van der Waals surface area contributed by atoms with Crippen molar-refractivity contribution >= 4 is 5.97 Å². The van der Waals surface area contributed by atoms with Gasteiger partial charge in [-0.05, 0) is 24.1 Å². The molecule has 0 aliphatic rings. The van der Waals surface area contributed by atoms with E-state index in [4.69, 9.17) is 5.11 Å². The van der Waals surface area contributed by atoms with Gasteiger partial charge in [-0.2, -0.15) is 5.10 Å². The molecule has 0 saturated heterocycles. The Labute approximate surface area is 115 Å². The van der Waals surface area contributed by atoms with Crippen LogP contribution in [0.15, 0.2) is 35.4 Å². The van der Waals surface area contributed by atoms with Crippen LogP contribution in [0.1, 0.15) is 24.2 Å². The Morgan fingerprint density at radius 2 is 2.00 bits per heavy atom. The summed E-state index contributed by atoms with van der Waals surface area (Å²) in [5.41, 5.74) is 0.321. The van der Waals surface area contributed by atoms with Crippen molar-refractivity contribution in [2.45, 2.75) is 20.4 Å². The summed E-state index contributed by atoms with van der Waals surface area (Å²) in [7, 11) is 0. The SMILES string of the molecule is CC(C)Cn1nc(-c2ccncc2)cc(C(=O)O)c1=O. The Balaban J connectivity index is 2.62. The molecule has 0 aliphatic carbocycles. The van der Waals surface area contributed by atoms with Crippen molar-refractivity contribution in [3.05, 3.63) is 46.5 Å². The van der Waals surface area contributed by atoms with Crippen molar-refractivity contribution in [1.29, 1.82) is 0 Å². The summed E-state index contributed by atoms with van der Waals surface area (Å²) < 4.78 is 1.21. The molecule has 0 radical (unpaired) electrons. The molecule has 0 saturated carbocycles. The van der Waals surface area contributed by atoms with E-state index in [-0.39, 0.29) is 11.5 Å². The van der Waals surface area contributed by atoms with E-state index in [0.717, 1.165) is 5.56 Å². The lowest BCUT2D eigenvalue weighted by molar-refractivity contribution is 0.0693. The first-order valence-electron chi connectivity index (χ1n) is 6.25. The molecule has 6 heteroatoms. The molecule has 0 spiro atoms. The van der Waals surface area contributed by atoms with Crippen LogP contribution in [-0.4, -0.2) is 25.8 Å². The Bertz CT molecular complexity index is 678. The molecule has 0 atom stereocenters. The van der Waals surface area contributed by atoms with Crippen LogP contribution in [0.25, 0.3) is 11.3 Å². The molecule has 104 valence electrons. The van der Waals surface area contributed by atoms with Gasteiger partial charge >= 0.3 is 5.97 Å². The summed E-state index contributed by atoms with van der Waals surface area (Å²) in [6.45, 7) is 4.25. The van der Waals surface area contributed by atoms with Gasteiger partial charge in [-0.15, -0.1) is 0 Å². The van der Waals surface area contributed by atoms with Gasteiger partial charge in [-0.1, -0.05) is 13.8 Å². The van der Waals surface area contributed by atoms with E-state index in [1.54, 1.807) is 24.5 Å². The van der Waals surface area contributed by atoms with Gasteiger partial charge in [0.25, 0.3) is 5.56 Å². The van der Waals surface area contributed by atoms with Gasteiger partial charge < -0.3 is 5.11 Å². The molecule has 2 aromatic rings. The summed E-state index contributed by atoms with van der Waals surface area (Å²) in [6.07, 6.45) is 3.19. The quantitative estimate of drug-likeness (QED) is 0.915. The van der Waals surface area contributed by atoms with E-state index in [1.165, 1.54) is 10.7 Å². The van der Waals surface area contributed by atoms with Crippen molar-refractivity contribution in [3.63, 3.8) is 0 Å². The first-order chi connectivity index (χ1) is 9.49. The number of aromatic nitrogens is 3. The second kappa shape index (κ2) is 5.64. The number of hydrogen-bond acceptors (Lipinski definition) is 4. The first-order valence-corrected chi connectivity index (χ1v) is 6.25. The van der Waals surface area contributed by atoms with E-state index in [0.29, 0.717) is 12.2 Å². The molecule has 2 rings (SSSR count). The van der Waals surface area contributed by atoms with Gasteiger partial charge in [-0.3, -0.25) is 9.78 Å².